The van der Waals surface area contributed by atoms with Gasteiger partial charge >= 0.3 is 0 Å². The van der Waals surface area contributed by atoms with Gasteiger partial charge in [-0.1, -0.05) is 15.9 Å². The highest BCUT2D eigenvalue weighted by Gasteiger charge is 2.17. The Labute approximate surface area is 118 Å². The maximum absolute atomic E-state index is 3.52. The van der Waals surface area contributed by atoms with Gasteiger partial charge in [0.05, 0.1) is 0 Å². The molecule has 0 atom stereocenters. The number of aryl methyl sites for hydroxylation is 1. The van der Waals surface area contributed by atoms with Gasteiger partial charge in [-0.3, -0.25) is 4.90 Å². The quantitative estimate of drug-likeness (QED) is 0.918. The number of nitrogens with one attached hydrogen (secondary N) is 1. The molecule has 18 heavy (non-hydrogen) atoms. The fourth-order valence-corrected chi connectivity index (χ4v) is 2.93. The van der Waals surface area contributed by atoms with Gasteiger partial charge in [0.15, 0.2) is 0 Å². The maximum Gasteiger partial charge on any atom is 0.0397 e. The first-order valence-corrected chi connectivity index (χ1v) is 7.38. The molecule has 0 spiro atoms. The predicted molar refractivity (Wildman–Crippen MR) is 81.5 cm³/mol. The van der Waals surface area contributed by atoms with Crippen LogP contribution in [0.1, 0.15) is 5.56 Å². The summed E-state index contributed by atoms with van der Waals surface area (Å²) in [5.74, 6) is 0. The minimum atomic E-state index is 1.08. The lowest BCUT2D eigenvalue weighted by atomic mass is 10.1. The van der Waals surface area contributed by atoms with Crippen LogP contribution >= 0.6 is 15.9 Å². The van der Waals surface area contributed by atoms with Crippen LogP contribution in [-0.2, 0) is 0 Å². The highest BCUT2D eigenvalue weighted by Crippen LogP contribution is 2.24. The van der Waals surface area contributed by atoms with Crippen LogP contribution in [-0.4, -0.2) is 51.2 Å². The zero-order valence-corrected chi connectivity index (χ0v) is 12.8. The molecule has 1 aromatic carbocycles. The Morgan fingerprint density at radius 1 is 1.22 bits per heavy atom. The van der Waals surface area contributed by atoms with Crippen molar-refractivity contribution in [3.63, 3.8) is 0 Å². The van der Waals surface area contributed by atoms with E-state index in [1.165, 1.54) is 11.3 Å². The first-order chi connectivity index (χ1) is 8.70. The molecule has 1 fully saturated rings. The number of hydrogen-bond acceptors (Lipinski definition) is 3. The molecule has 1 heterocycles. The summed E-state index contributed by atoms with van der Waals surface area (Å²) in [7, 11) is 2.02. The average Bonchev–Trinajstić information content (AvgIpc) is 2.37. The van der Waals surface area contributed by atoms with E-state index in [0.29, 0.717) is 0 Å². The summed E-state index contributed by atoms with van der Waals surface area (Å²) in [4.78, 5) is 5.03. The Balaban J connectivity index is 1.93. The molecule has 100 valence electrons. The largest absolute Gasteiger partial charge is 0.369 e. The van der Waals surface area contributed by atoms with E-state index >= 15 is 0 Å². The lowest BCUT2D eigenvalue weighted by Gasteiger charge is -2.36. The predicted octanol–water partition coefficient (Wildman–Crippen LogP) is 2.10. The molecule has 1 saturated heterocycles. The smallest absolute Gasteiger partial charge is 0.0397 e. The Morgan fingerprint density at radius 3 is 2.56 bits per heavy atom. The summed E-state index contributed by atoms with van der Waals surface area (Å²) in [5, 5.41) is 3.21. The van der Waals surface area contributed by atoms with Gasteiger partial charge < -0.3 is 10.2 Å². The zero-order chi connectivity index (χ0) is 13.0. The van der Waals surface area contributed by atoms with Gasteiger partial charge in [-0.05, 0) is 37.7 Å². The molecule has 0 radical (unpaired) electrons. The highest BCUT2D eigenvalue weighted by atomic mass is 79.9. The molecule has 0 unspecified atom stereocenters. The number of hydrogen-bond donors (Lipinski definition) is 1. The topological polar surface area (TPSA) is 18.5 Å². The second kappa shape index (κ2) is 6.55. The van der Waals surface area contributed by atoms with Gasteiger partial charge in [0.25, 0.3) is 0 Å². The monoisotopic (exact) mass is 311 g/mol. The van der Waals surface area contributed by atoms with E-state index in [9.17, 15) is 0 Å². The van der Waals surface area contributed by atoms with Crippen molar-refractivity contribution in [2.24, 2.45) is 0 Å². The fraction of sp³-hybridized carbons (Fsp3) is 0.571. The van der Waals surface area contributed by atoms with E-state index in [1.54, 1.807) is 0 Å². The lowest BCUT2D eigenvalue weighted by molar-refractivity contribution is 0.259. The number of likely N-dealkylation sites (N-methyl/N-ethyl adjacent to an activating group) is 1. The summed E-state index contributed by atoms with van der Waals surface area (Å²) >= 11 is 3.52. The standard InChI is InChI=1S/C14H22BrN3/c1-12-11-13(15)3-4-14(12)18-9-7-17(8-10-18)6-5-16-2/h3-4,11,16H,5-10H2,1-2H3. The van der Waals surface area contributed by atoms with E-state index < -0.39 is 0 Å². The summed E-state index contributed by atoms with van der Waals surface area (Å²) in [6.45, 7) is 9.02. The molecule has 0 amide bonds. The first kappa shape index (κ1) is 13.8. The summed E-state index contributed by atoms with van der Waals surface area (Å²) in [5.41, 5.74) is 2.74. The van der Waals surface area contributed by atoms with E-state index in [0.717, 1.165) is 43.7 Å². The fourth-order valence-electron chi connectivity index (χ4n) is 2.46. The number of halogens is 1. The van der Waals surface area contributed by atoms with Crippen LogP contribution in [0, 0.1) is 6.92 Å². The Hall–Kier alpha value is -0.580. The van der Waals surface area contributed by atoms with E-state index in [2.05, 4.69) is 56.2 Å². The van der Waals surface area contributed by atoms with Crippen LogP contribution < -0.4 is 10.2 Å². The van der Waals surface area contributed by atoms with E-state index in [-0.39, 0.29) is 0 Å². The second-order valence-corrected chi connectivity index (χ2v) is 5.78. The van der Waals surface area contributed by atoms with Gasteiger partial charge in [-0.15, -0.1) is 0 Å². The van der Waals surface area contributed by atoms with E-state index in [1.807, 2.05) is 7.05 Å². The second-order valence-electron chi connectivity index (χ2n) is 4.86. The van der Waals surface area contributed by atoms with Gasteiger partial charge in [0, 0.05) is 49.4 Å². The molecule has 4 heteroatoms. The van der Waals surface area contributed by atoms with Crippen molar-refractivity contribution in [1.29, 1.82) is 0 Å². The average molecular weight is 312 g/mol. The van der Waals surface area contributed by atoms with Crippen molar-refractivity contribution in [3.8, 4) is 0 Å². The molecular formula is C14H22BrN3. The minimum Gasteiger partial charge on any atom is -0.369 e. The van der Waals surface area contributed by atoms with Crippen LogP contribution in [0.2, 0.25) is 0 Å². The van der Waals surface area contributed by atoms with Crippen molar-refractivity contribution in [3.05, 3.63) is 28.2 Å². The van der Waals surface area contributed by atoms with Crippen molar-refractivity contribution in [2.45, 2.75) is 6.92 Å². The molecule has 1 aliphatic heterocycles. The molecule has 1 aromatic rings. The Morgan fingerprint density at radius 2 is 1.94 bits per heavy atom. The molecule has 2 rings (SSSR count). The van der Waals surface area contributed by atoms with Gasteiger partial charge in [-0.2, -0.15) is 0 Å². The number of rotatable bonds is 4. The van der Waals surface area contributed by atoms with Crippen LogP contribution in [0.4, 0.5) is 5.69 Å². The maximum atomic E-state index is 3.52. The zero-order valence-electron chi connectivity index (χ0n) is 11.2. The number of benzene rings is 1. The summed E-state index contributed by atoms with van der Waals surface area (Å²) in [6.07, 6.45) is 0. The highest BCUT2D eigenvalue weighted by molar-refractivity contribution is 9.10. The normalized spacial score (nSPS) is 17.2. The van der Waals surface area contributed by atoms with Crippen LogP contribution in [0.15, 0.2) is 22.7 Å². The third-order valence-electron chi connectivity index (χ3n) is 3.55. The van der Waals surface area contributed by atoms with Gasteiger partial charge in [0.1, 0.15) is 0 Å². The molecule has 3 nitrogen and oxygen atoms in total. The Kier molecular flexibility index (Phi) is 5.03. The SMILES string of the molecule is CNCCN1CCN(c2ccc(Br)cc2C)CC1. The van der Waals surface area contributed by atoms with Crippen molar-refractivity contribution in [1.82, 2.24) is 10.2 Å². The molecule has 0 bridgehead atoms. The Bertz CT molecular complexity index is 387. The van der Waals surface area contributed by atoms with Gasteiger partial charge in [0.2, 0.25) is 0 Å². The van der Waals surface area contributed by atoms with Gasteiger partial charge in [-0.25, -0.2) is 0 Å². The third kappa shape index (κ3) is 3.46. The molecule has 0 aliphatic carbocycles. The van der Waals surface area contributed by atoms with Crippen LogP contribution in [0.3, 0.4) is 0 Å². The first-order valence-electron chi connectivity index (χ1n) is 6.59. The molecule has 0 aromatic heterocycles. The van der Waals surface area contributed by atoms with Crippen molar-refractivity contribution >= 4 is 21.6 Å². The number of anilines is 1. The van der Waals surface area contributed by atoms with Crippen LogP contribution in [0.5, 0.6) is 0 Å². The lowest BCUT2D eigenvalue weighted by Crippen LogP contribution is -2.48. The molecule has 0 saturated carbocycles. The molecule has 1 aliphatic rings. The summed E-state index contributed by atoms with van der Waals surface area (Å²) in [6, 6.07) is 6.56. The molecular weight excluding hydrogens is 290 g/mol. The third-order valence-corrected chi connectivity index (χ3v) is 4.04. The van der Waals surface area contributed by atoms with Crippen LogP contribution in [0.25, 0.3) is 0 Å². The van der Waals surface area contributed by atoms with Crippen molar-refractivity contribution in [2.75, 3.05) is 51.2 Å². The van der Waals surface area contributed by atoms with E-state index in [4.69, 9.17) is 0 Å². The minimum absolute atomic E-state index is 1.08. The molecule has 1 N–H and O–H groups in total. The summed E-state index contributed by atoms with van der Waals surface area (Å²) < 4.78 is 1.16. The number of piperazine rings is 1. The number of nitrogens with zero attached hydrogens (tertiary/aromatic N) is 2. The van der Waals surface area contributed by atoms with Crippen molar-refractivity contribution < 1.29 is 0 Å².